The number of anilines is 2. The highest BCUT2D eigenvalue weighted by Crippen LogP contribution is 2.36. The monoisotopic (exact) mass is 380 g/mol. The summed E-state index contributed by atoms with van der Waals surface area (Å²) in [5.74, 6) is 0.917. The van der Waals surface area contributed by atoms with Crippen LogP contribution in [0.2, 0.25) is 0 Å². The van der Waals surface area contributed by atoms with Crippen LogP contribution in [0.3, 0.4) is 0 Å². The number of hydrogen-bond acceptors (Lipinski definition) is 6. The molecule has 0 aliphatic carbocycles. The van der Waals surface area contributed by atoms with Gasteiger partial charge < -0.3 is 24.5 Å². The predicted octanol–water partition coefficient (Wildman–Crippen LogP) is 1.28. The van der Waals surface area contributed by atoms with E-state index in [0.717, 1.165) is 5.69 Å². The molecule has 1 N–H and O–H groups in total. The third kappa shape index (κ3) is 4.21. The number of nitrogens with one attached hydrogen (secondary N) is 1. The maximum Gasteiger partial charge on any atom is 0.414 e. The van der Waals surface area contributed by atoms with Crippen molar-refractivity contribution in [1.29, 1.82) is 0 Å². The molecule has 1 atom stereocenters. The molecule has 0 bridgehead atoms. The van der Waals surface area contributed by atoms with Gasteiger partial charge in [0.1, 0.15) is 31.7 Å². The van der Waals surface area contributed by atoms with Crippen molar-refractivity contribution < 1.29 is 28.3 Å². The normalized spacial score (nSPS) is 20.2. The number of carbonyl (C=O) groups excluding carboxylic acids is 2. The Bertz CT molecular complexity index is 757. The molecule has 2 heterocycles. The molecule has 1 fully saturated rings. The number of cyclic esters (lactones) is 1. The molecule has 0 spiro atoms. The number of nitrogens with zero attached hydrogens (tertiary/aromatic N) is 3. The van der Waals surface area contributed by atoms with Crippen LogP contribution in [-0.4, -0.2) is 64.0 Å². The van der Waals surface area contributed by atoms with E-state index in [4.69, 9.17) is 14.3 Å². The van der Waals surface area contributed by atoms with E-state index in [1.165, 1.54) is 11.8 Å². The van der Waals surface area contributed by atoms with Crippen molar-refractivity contribution in [3.05, 3.63) is 18.2 Å². The lowest BCUT2D eigenvalue weighted by Gasteiger charge is -2.29. The van der Waals surface area contributed by atoms with Crippen LogP contribution in [0.5, 0.6) is 5.75 Å². The first-order valence-electron chi connectivity index (χ1n) is 8.47. The number of amidine groups is 1. The molecule has 0 radical (unpaired) electrons. The summed E-state index contributed by atoms with van der Waals surface area (Å²) in [6, 6.07) is 5.31. The first-order valence-corrected chi connectivity index (χ1v) is 8.47. The molecule has 9 nitrogen and oxygen atoms in total. The summed E-state index contributed by atoms with van der Waals surface area (Å²) in [6.45, 7) is 1.44. The average Bonchev–Trinajstić information content (AvgIpc) is 3.02. The van der Waals surface area contributed by atoms with Gasteiger partial charge in [0.05, 0.1) is 24.5 Å². The number of oxime groups is 1. The molecule has 3 rings (SSSR count). The molecule has 0 aromatic heterocycles. The second-order valence-corrected chi connectivity index (χ2v) is 6.08. The zero-order chi connectivity index (χ0) is 19.4. The van der Waals surface area contributed by atoms with E-state index in [9.17, 15) is 14.0 Å². The van der Waals surface area contributed by atoms with E-state index in [2.05, 4.69) is 10.5 Å². The van der Waals surface area contributed by atoms with Gasteiger partial charge in [-0.1, -0.05) is 5.16 Å². The summed E-state index contributed by atoms with van der Waals surface area (Å²) in [4.78, 5) is 31.3. The van der Waals surface area contributed by atoms with Gasteiger partial charge in [-0.25, -0.2) is 9.18 Å². The lowest BCUT2D eigenvalue weighted by atomic mass is 10.2. The zero-order valence-corrected chi connectivity index (χ0v) is 15.1. The Balaban J connectivity index is 1.71. The summed E-state index contributed by atoms with van der Waals surface area (Å²) in [5.41, 5.74) is 1.38. The number of carbonyl (C=O) groups is 2. The molecular weight excluding hydrogens is 359 g/mol. The summed E-state index contributed by atoms with van der Waals surface area (Å²) in [7, 11) is 1.80. The van der Waals surface area contributed by atoms with Gasteiger partial charge in [-0.15, -0.1) is 0 Å². The van der Waals surface area contributed by atoms with E-state index in [-0.39, 0.29) is 25.7 Å². The first kappa shape index (κ1) is 18.7. The van der Waals surface area contributed by atoms with Crippen LogP contribution >= 0.6 is 0 Å². The van der Waals surface area contributed by atoms with Crippen LogP contribution in [0.25, 0.3) is 0 Å². The van der Waals surface area contributed by atoms with Crippen LogP contribution in [0, 0.1) is 0 Å². The van der Waals surface area contributed by atoms with Gasteiger partial charge in [0, 0.05) is 20.0 Å². The van der Waals surface area contributed by atoms with Crippen LogP contribution in [0.1, 0.15) is 6.92 Å². The Morgan fingerprint density at radius 1 is 1.48 bits per heavy atom. The Morgan fingerprint density at radius 3 is 3.04 bits per heavy atom. The SMILES string of the molecule is CC(=O)NC[C@H]1CN(c2ccc3c(c2)OC/C(=N\OCCF)N3C)C(=O)O1. The summed E-state index contributed by atoms with van der Waals surface area (Å²) in [6.07, 6.45) is -0.885. The lowest BCUT2D eigenvalue weighted by molar-refractivity contribution is -0.119. The minimum absolute atomic E-state index is 0.111. The molecular formula is C17H21FN4O5. The van der Waals surface area contributed by atoms with Crippen LogP contribution in [0.15, 0.2) is 23.4 Å². The molecule has 1 saturated heterocycles. The van der Waals surface area contributed by atoms with Gasteiger partial charge in [0.25, 0.3) is 0 Å². The Hall–Kier alpha value is -3.04. The van der Waals surface area contributed by atoms with Gasteiger partial charge in [-0.2, -0.15) is 0 Å². The third-order valence-corrected chi connectivity index (χ3v) is 4.15. The first-order chi connectivity index (χ1) is 13.0. The third-order valence-electron chi connectivity index (χ3n) is 4.15. The highest BCUT2D eigenvalue weighted by atomic mass is 19.1. The van der Waals surface area contributed by atoms with Crippen LogP contribution in [0.4, 0.5) is 20.6 Å². The zero-order valence-electron chi connectivity index (χ0n) is 15.1. The van der Waals surface area contributed by atoms with E-state index in [1.54, 1.807) is 30.1 Å². The largest absolute Gasteiger partial charge is 0.483 e. The number of alkyl halides is 1. The Labute approximate surface area is 155 Å². The molecule has 2 aliphatic rings. The van der Waals surface area contributed by atoms with Crippen molar-refractivity contribution in [3.63, 3.8) is 0 Å². The molecule has 2 aliphatic heterocycles. The summed E-state index contributed by atoms with van der Waals surface area (Å²) < 4.78 is 23.1. The second-order valence-electron chi connectivity index (χ2n) is 6.08. The molecule has 146 valence electrons. The van der Waals surface area contributed by atoms with Crippen molar-refractivity contribution in [2.75, 3.05) is 49.8 Å². The van der Waals surface area contributed by atoms with Crippen molar-refractivity contribution >= 4 is 29.2 Å². The fourth-order valence-electron chi connectivity index (χ4n) is 2.78. The van der Waals surface area contributed by atoms with Crippen molar-refractivity contribution in [2.45, 2.75) is 13.0 Å². The van der Waals surface area contributed by atoms with E-state index >= 15 is 0 Å². The molecule has 2 amide bonds. The van der Waals surface area contributed by atoms with E-state index in [1.807, 2.05) is 0 Å². The number of halogens is 1. The van der Waals surface area contributed by atoms with Gasteiger partial charge >= 0.3 is 6.09 Å². The number of fused-ring (bicyclic) bond motifs is 1. The van der Waals surface area contributed by atoms with Crippen molar-refractivity contribution in [2.24, 2.45) is 5.16 Å². The number of ether oxygens (including phenoxy) is 2. The minimum Gasteiger partial charge on any atom is -0.483 e. The Kier molecular flexibility index (Phi) is 5.63. The summed E-state index contributed by atoms with van der Waals surface area (Å²) in [5, 5.41) is 6.51. The molecule has 10 heteroatoms. The van der Waals surface area contributed by atoms with E-state index in [0.29, 0.717) is 23.8 Å². The highest BCUT2D eigenvalue weighted by Gasteiger charge is 2.33. The minimum atomic E-state index is -0.615. The fraction of sp³-hybridized carbons (Fsp3) is 0.471. The maximum absolute atomic E-state index is 12.1. The van der Waals surface area contributed by atoms with Gasteiger partial charge in [0.15, 0.2) is 5.84 Å². The molecule has 1 aromatic rings. The lowest BCUT2D eigenvalue weighted by Crippen LogP contribution is -2.36. The number of rotatable bonds is 6. The highest BCUT2D eigenvalue weighted by molar-refractivity contribution is 6.01. The van der Waals surface area contributed by atoms with Crippen LogP contribution in [-0.2, 0) is 14.4 Å². The Morgan fingerprint density at radius 2 is 2.30 bits per heavy atom. The van der Waals surface area contributed by atoms with E-state index < -0.39 is 18.9 Å². The number of likely N-dealkylation sites (N-methyl/N-ethyl adjacent to an activating group) is 1. The molecule has 27 heavy (non-hydrogen) atoms. The standard InChI is InChI=1S/C17H21FN4O5/c1-11(23)19-8-13-9-22(17(24)27-13)12-3-4-14-15(7-12)25-10-16(21(14)2)20-26-6-5-18/h3-4,7,13H,5-6,8-10H2,1-2H3,(H,19,23)/b20-16+/t13-/m0/s1. The quantitative estimate of drug-likeness (QED) is 0.590. The maximum atomic E-state index is 12.1. The van der Waals surface area contributed by atoms with Gasteiger partial charge in [-0.05, 0) is 12.1 Å². The second kappa shape index (κ2) is 8.11. The fourth-order valence-corrected chi connectivity index (χ4v) is 2.78. The summed E-state index contributed by atoms with van der Waals surface area (Å²) >= 11 is 0. The smallest absolute Gasteiger partial charge is 0.414 e. The topological polar surface area (TPSA) is 92.7 Å². The molecule has 0 saturated carbocycles. The predicted molar refractivity (Wildman–Crippen MR) is 96.0 cm³/mol. The van der Waals surface area contributed by atoms with Gasteiger partial charge in [-0.3, -0.25) is 9.69 Å². The van der Waals surface area contributed by atoms with Crippen LogP contribution < -0.4 is 19.9 Å². The van der Waals surface area contributed by atoms with Gasteiger partial charge in [0.2, 0.25) is 5.91 Å². The molecule has 1 aromatic carbocycles. The van der Waals surface area contributed by atoms with Crippen molar-refractivity contribution in [1.82, 2.24) is 5.32 Å². The average molecular weight is 380 g/mol. The number of hydrogen-bond donors (Lipinski definition) is 1. The van der Waals surface area contributed by atoms with Crippen molar-refractivity contribution in [3.8, 4) is 5.75 Å². The number of benzene rings is 1. The number of amides is 2. The molecule has 0 unspecified atom stereocenters.